The number of pyridine rings is 1. The lowest BCUT2D eigenvalue weighted by Crippen LogP contribution is -2.35. The van der Waals surface area contributed by atoms with Gasteiger partial charge in [0.05, 0.1) is 12.8 Å². The number of rotatable bonds is 4. The molecule has 0 unspecified atom stereocenters. The minimum atomic E-state index is -0.745. The molecule has 0 saturated carbocycles. The van der Waals surface area contributed by atoms with E-state index in [1.807, 2.05) is 35.2 Å². The normalized spacial score (nSPS) is 19.0. The first-order chi connectivity index (χ1) is 10.2. The smallest absolute Gasteiger partial charge is 0.320 e. The fourth-order valence-corrected chi connectivity index (χ4v) is 2.92. The fraction of sp³-hybridized carbons (Fsp3) is 0.375. The second kappa shape index (κ2) is 5.69. The highest BCUT2D eigenvalue weighted by Crippen LogP contribution is 2.25. The van der Waals surface area contributed by atoms with Gasteiger partial charge in [-0.05, 0) is 31.5 Å². The molecule has 1 atom stereocenters. The van der Waals surface area contributed by atoms with Crippen molar-refractivity contribution in [3.05, 3.63) is 36.0 Å². The van der Waals surface area contributed by atoms with Gasteiger partial charge in [-0.1, -0.05) is 18.2 Å². The first-order valence-electron chi connectivity index (χ1n) is 7.08. The number of carboxylic acid groups (broad SMARTS) is 1. The van der Waals surface area contributed by atoms with Gasteiger partial charge in [-0.15, -0.1) is 0 Å². The molecule has 0 bridgehead atoms. The molecule has 110 valence electrons. The summed E-state index contributed by atoms with van der Waals surface area (Å²) in [5.74, 6) is -0.00331. The van der Waals surface area contributed by atoms with E-state index >= 15 is 0 Å². The first kappa shape index (κ1) is 13.8. The van der Waals surface area contributed by atoms with Gasteiger partial charge >= 0.3 is 5.97 Å². The van der Waals surface area contributed by atoms with Crippen LogP contribution < -0.4 is 4.74 Å². The van der Waals surface area contributed by atoms with Crippen molar-refractivity contribution in [2.24, 2.45) is 0 Å². The first-order valence-corrected chi connectivity index (χ1v) is 7.08. The van der Waals surface area contributed by atoms with Crippen molar-refractivity contribution in [2.75, 3.05) is 13.7 Å². The number of methoxy groups -OCH3 is 1. The van der Waals surface area contributed by atoms with Crippen LogP contribution in [0.25, 0.3) is 10.9 Å². The van der Waals surface area contributed by atoms with Gasteiger partial charge in [0.15, 0.2) is 0 Å². The van der Waals surface area contributed by atoms with E-state index in [1.165, 1.54) is 0 Å². The van der Waals surface area contributed by atoms with Crippen LogP contribution in [-0.4, -0.2) is 40.7 Å². The summed E-state index contributed by atoms with van der Waals surface area (Å²) >= 11 is 0. The van der Waals surface area contributed by atoms with Gasteiger partial charge in [-0.3, -0.25) is 9.69 Å². The number of para-hydroxylation sites is 1. The number of aliphatic carboxylic acids is 1. The predicted octanol–water partition coefficient (Wildman–Crippen LogP) is 2.29. The molecule has 0 amide bonds. The van der Waals surface area contributed by atoms with Crippen LogP contribution in [0.15, 0.2) is 30.3 Å². The summed E-state index contributed by atoms with van der Waals surface area (Å²) in [6, 6.07) is 9.38. The van der Waals surface area contributed by atoms with E-state index in [0.717, 1.165) is 35.3 Å². The minimum Gasteiger partial charge on any atom is -0.494 e. The zero-order valence-corrected chi connectivity index (χ0v) is 12.0. The highest BCUT2D eigenvalue weighted by Gasteiger charge is 2.30. The van der Waals surface area contributed by atoms with E-state index in [9.17, 15) is 9.90 Å². The van der Waals surface area contributed by atoms with Gasteiger partial charge in [-0.25, -0.2) is 4.98 Å². The Hall–Kier alpha value is -2.14. The minimum absolute atomic E-state index is 0.389. The Morgan fingerprint density at radius 1 is 1.43 bits per heavy atom. The summed E-state index contributed by atoms with van der Waals surface area (Å²) in [4.78, 5) is 17.9. The van der Waals surface area contributed by atoms with Crippen LogP contribution in [0.5, 0.6) is 5.75 Å². The van der Waals surface area contributed by atoms with Crippen molar-refractivity contribution < 1.29 is 14.6 Å². The molecular formula is C16H18N2O3. The van der Waals surface area contributed by atoms with E-state index < -0.39 is 5.97 Å². The van der Waals surface area contributed by atoms with E-state index in [0.29, 0.717) is 13.0 Å². The lowest BCUT2D eigenvalue weighted by molar-refractivity contribution is -0.142. The van der Waals surface area contributed by atoms with Gasteiger partial charge in [0.2, 0.25) is 0 Å². The summed E-state index contributed by atoms with van der Waals surface area (Å²) in [6.07, 6.45) is 1.64. The van der Waals surface area contributed by atoms with Crippen LogP contribution >= 0.6 is 0 Å². The third-order valence-corrected chi connectivity index (χ3v) is 3.97. The monoisotopic (exact) mass is 286 g/mol. The van der Waals surface area contributed by atoms with Gasteiger partial charge < -0.3 is 9.84 Å². The molecule has 1 fully saturated rings. The Kier molecular flexibility index (Phi) is 3.75. The molecule has 1 saturated heterocycles. The van der Waals surface area contributed by atoms with Crippen molar-refractivity contribution in [3.8, 4) is 5.75 Å². The maximum Gasteiger partial charge on any atom is 0.320 e. The standard InChI is InChI=1S/C16H18N2O3/c1-21-14-6-2-4-11-7-8-12(17-15(11)14)10-18-9-3-5-13(18)16(19)20/h2,4,6-8,13H,3,5,9-10H2,1H3,(H,19,20)/t13-/m0/s1. The Bertz CT molecular complexity index is 672. The van der Waals surface area contributed by atoms with Crippen molar-refractivity contribution in [3.63, 3.8) is 0 Å². The topological polar surface area (TPSA) is 62.7 Å². The van der Waals surface area contributed by atoms with E-state index in [1.54, 1.807) is 7.11 Å². The van der Waals surface area contributed by atoms with Crippen molar-refractivity contribution in [1.82, 2.24) is 9.88 Å². The molecule has 21 heavy (non-hydrogen) atoms. The summed E-state index contributed by atoms with van der Waals surface area (Å²) in [6.45, 7) is 1.37. The molecular weight excluding hydrogens is 268 g/mol. The van der Waals surface area contributed by atoms with Gasteiger partial charge in [-0.2, -0.15) is 0 Å². The molecule has 1 aromatic carbocycles. The van der Waals surface area contributed by atoms with E-state index in [2.05, 4.69) is 4.98 Å². The van der Waals surface area contributed by atoms with Crippen LogP contribution in [0.1, 0.15) is 18.5 Å². The summed E-state index contributed by atoms with van der Waals surface area (Å²) < 4.78 is 5.34. The number of fused-ring (bicyclic) bond motifs is 1. The third kappa shape index (κ3) is 2.69. The third-order valence-electron chi connectivity index (χ3n) is 3.97. The fourth-order valence-electron chi connectivity index (χ4n) is 2.92. The van der Waals surface area contributed by atoms with Crippen LogP contribution in [0, 0.1) is 0 Å². The number of hydrogen-bond donors (Lipinski definition) is 1. The highest BCUT2D eigenvalue weighted by molar-refractivity contribution is 5.84. The quantitative estimate of drug-likeness (QED) is 0.934. The lowest BCUT2D eigenvalue weighted by Gasteiger charge is -2.20. The summed E-state index contributed by atoms with van der Waals surface area (Å²) in [7, 11) is 1.63. The maximum atomic E-state index is 11.2. The number of carboxylic acids is 1. The van der Waals surface area contributed by atoms with Crippen LogP contribution in [0.4, 0.5) is 0 Å². The van der Waals surface area contributed by atoms with Crippen LogP contribution in [-0.2, 0) is 11.3 Å². The van der Waals surface area contributed by atoms with Crippen molar-refractivity contribution in [2.45, 2.75) is 25.4 Å². The highest BCUT2D eigenvalue weighted by atomic mass is 16.5. The Balaban J connectivity index is 1.89. The summed E-state index contributed by atoms with van der Waals surface area (Å²) in [5.41, 5.74) is 1.70. The molecule has 3 rings (SSSR count). The largest absolute Gasteiger partial charge is 0.494 e. The lowest BCUT2D eigenvalue weighted by atomic mass is 10.1. The number of carbonyl (C=O) groups is 1. The summed E-state index contributed by atoms with van der Waals surface area (Å²) in [5, 5.41) is 10.3. The Labute approximate surface area is 123 Å². The van der Waals surface area contributed by atoms with Crippen molar-refractivity contribution in [1.29, 1.82) is 0 Å². The predicted molar refractivity (Wildman–Crippen MR) is 79.4 cm³/mol. The number of aromatic nitrogens is 1. The second-order valence-corrected chi connectivity index (χ2v) is 5.30. The van der Waals surface area contributed by atoms with Gasteiger partial charge in [0, 0.05) is 11.9 Å². The molecule has 0 aliphatic carbocycles. The average molecular weight is 286 g/mol. The molecule has 5 heteroatoms. The molecule has 5 nitrogen and oxygen atoms in total. The number of likely N-dealkylation sites (tertiary alicyclic amines) is 1. The van der Waals surface area contributed by atoms with Gasteiger partial charge in [0.1, 0.15) is 17.3 Å². The van der Waals surface area contributed by atoms with E-state index in [-0.39, 0.29) is 6.04 Å². The van der Waals surface area contributed by atoms with Crippen molar-refractivity contribution >= 4 is 16.9 Å². The molecule has 0 radical (unpaired) electrons. The molecule has 1 aliphatic heterocycles. The number of hydrogen-bond acceptors (Lipinski definition) is 4. The Morgan fingerprint density at radius 3 is 3.05 bits per heavy atom. The molecule has 2 heterocycles. The SMILES string of the molecule is COc1cccc2ccc(CN3CCC[C@H]3C(=O)O)nc12. The second-order valence-electron chi connectivity index (χ2n) is 5.30. The zero-order chi connectivity index (χ0) is 14.8. The van der Waals surface area contributed by atoms with Crippen LogP contribution in [0.2, 0.25) is 0 Å². The molecule has 0 spiro atoms. The van der Waals surface area contributed by atoms with Gasteiger partial charge in [0.25, 0.3) is 0 Å². The number of ether oxygens (including phenoxy) is 1. The molecule has 1 aliphatic rings. The number of benzene rings is 1. The number of nitrogens with zero attached hydrogens (tertiary/aromatic N) is 2. The molecule has 1 N–H and O–H groups in total. The van der Waals surface area contributed by atoms with E-state index in [4.69, 9.17) is 4.74 Å². The average Bonchev–Trinajstić information content (AvgIpc) is 2.95. The molecule has 1 aromatic heterocycles. The molecule has 2 aromatic rings. The maximum absolute atomic E-state index is 11.2. The van der Waals surface area contributed by atoms with Crippen LogP contribution in [0.3, 0.4) is 0 Å². The Morgan fingerprint density at radius 2 is 2.29 bits per heavy atom. The zero-order valence-electron chi connectivity index (χ0n) is 12.0.